The Morgan fingerprint density at radius 3 is 2.74 bits per heavy atom. The van der Waals surface area contributed by atoms with Gasteiger partial charge in [0.2, 0.25) is 6.79 Å². The third kappa shape index (κ3) is 3.79. The molecule has 2 aromatic rings. The third-order valence-electron chi connectivity index (χ3n) is 4.35. The van der Waals surface area contributed by atoms with Crippen molar-refractivity contribution in [2.45, 2.75) is 6.42 Å². The minimum atomic E-state index is -0.0591. The number of thiocarbonyl (C=S) groups is 1. The molecular formula is C20H17NO4S2. The van der Waals surface area contributed by atoms with E-state index in [-0.39, 0.29) is 12.7 Å². The van der Waals surface area contributed by atoms with Crippen molar-refractivity contribution in [3.8, 4) is 17.2 Å². The highest BCUT2D eigenvalue weighted by Gasteiger charge is 2.31. The second-order valence-electron chi connectivity index (χ2n) is 6.04. The van der Waals surface area contributed by atoms with Crippen LogP contribution in [0, 0.1) is 0 Å². The van der Waals surface area contributed by atoms with E-state index in [4.69, 9.17) is 26.4 Å². The van der Waals surface area contributed by atoms with Gasteiger partial charge in [-0.1, -0.05) is 42.2 Å². The molecule has 1 saturated heterocycles. The molecule has 1 amide bonds. The molecule has 138 valence electrons. The first-order valence-electron chi connectivity index (χ1n) is 8.42. The maximum Gasteiger partial charge on any atom is 0.266 e. The number of carbonyl (C=O) groups is 1. The fourth-order valence-electron chi connectivity index (χ4n) is 2.88. The molecule has 2 aliphatic heterocycles. The van der Waals surface area contributed by atoms with E-state index in [1.165, 1.54) is 11.8 Å². The summed E-state index contributed by atoms with van der Waals surface area (Å²) in [6.07, 6.45) is 2.57. The molecule has 0 bridgehead atoms. The van der Waals surface area contributed by atoms with Crippen LogP contribution in [-0.4, -0.2) is 35.6 Å². The number of hydrogen-bond donors (Lipinski definition) is 0. The van der Waals surface area contributed by atoms with E-state index < -0.39 is 0 Å². The molecule has 0 spiro atoms. The van der Waals surface area contributed by atoms with Crippen LogP contribution in [0.1, 0.15) is 11.1 Å². The molecule has 0 unspecified atom stereocenters. The molecule has 2 aliphatic rings. The van der Waals surface area contributed by atoms with Gasteiger partial charge in [0.1, 0.15) is 10.1 Å². The van der Waals surface area contributed by atoms with Gasteiger partial charge in [0.05, 0.1) is 12.0 Å². The van der Waals surface area contributed by atoms with Crippen LogP contribution in [0.5, 0.6) is 17.2 Å². The van der Waals surface area contributed by atoms with Crippen molar-refractivity contribution in [1.82, 2.24) is 4.90 Å². The number of rotatable bonds is 5. The summed E-state index contributed by atoms with van der Waals surface area (Å²) in [6.45, 7) is 0.780. The maximum atomic E-state index is 12.7. The summed E-state index contributed by atoms with van der Waals surface area (Å²) in [6, 6.07) is 13.4. The van der Waals surface area contributed by atoms with E-state index in [1.807, 2.05) is 48.5 Å². The Labute approximate surface area is 166 Å². The molecule has 0 saturated carbocycles. The Kier molecular flexibility index (Phi) is 5.05. The quantitative estimate of drug-likeness (QED) is 0.562. The van der Waals surface area contributed by atoms with Gasteiger partial charge in [-0.05, 0) is 47.9 Å². The number of carbonyl (C=O) groups excluding carboxylic acids is 1. The second-order valence-corrected chi connectivity index (χ2v) is 7.72. The van der Waals surface area contributed by atoms with Crippen LogP contribution in [0.3, 0.4) is 0 Å². The van der Waals surface area contributed by atoms with Crippen molar-refractivity contribution in [1.29, 1.82) is 0 Å². The molecule has 0 atom stereocenters. The first kappa shape index (κ1) is 17.9. The topological polar surface area (TPSA) is 48.0 Å². The van der Waals surface area contributed by atoms with E-state index in [2.05, 4.69) is 0 Å². The Morgan fingerprint density at radius 2 is 1.96 bits per heavy atom. The summed E-state index contributed by atoms with van der Waals surface area (Å²) < 4.78 is 16.5. The zero-order valence-corrected chi connectivity index (χ0v) is 16.3. The Hall–Kier alpha value is -2.51. The fraction of sp³-hybridized carbons (Fsp3) is 0.200. The van der Waals surface area contributed by atoms with Gasteiger partial charge in [0, 0.05) is 6.54 Å². The molecule has 7 heteroatoms. The average molecular weight is 399 g/mol. The Balaban J connectivity index is 1.45. The number of hydrogen-bond acceptors (Lipinski definition) is 6. The molecule has 0 aliphatic carbocycles. The van der Waals surface area contributed by atoms with Crippen LogP contribution in [-0.2, 0) is 11.2 Å². The molecule has 0 radical (unpaired) electrons. The highest BCUT2D eigenvalue weighted by Crippen LogP contribution is 2.36. The lowest BCUT2D eigenvalue weighted by Gasteiger charge is -2.14. The summed E-state index contributed by atoms with van der Waals surface area (Å²) >= 11 is 6.74. The summed E-state index contributed by atoms with van der Waals surface area (Å²) in [7, 11) is 1.64. The largest absolute Gasteiger partial charge is 0.497 e. The highest BCUT2D eigenvalue weighted by atomic mass is 32.2. The summed E-state index contributed by atoms with van der Waals surface area (Å²) in [4.78, 5) is 15.0. The normalized spacial score (nSPS) is 17.1. The van der Waals surface area contributed by atoms with E-state index in [1.54, 1.807) is 12.0 Å². The molecule has 2 aromatic carbocycles. The van der Waals surface area contributed by atoms with Gasteiger partial charge in [0.25, 0.3) is 5.91 Å². The van der Waals surface area contributed by atoms with Gasteiger partial charge in [-0.3, -0.25) is 9.69 Å². The van der Waals surface area contributed by atoms with Crippen LogP contribution in [0.4, 0.5) is 0 Å². The number of fused-ring (bicyclic) bond motifs is 1. The van der Waals surface area contributed by atoms with Crippen LogP contribution in [0.15, 0.2) is 47.4 Å². The number of nitrogens with zero attached hydrogens (tertiary/aromatic N) is 1. The van der Waals surface area contributed by atoms with E-state index >= 15 is 0 Å². The molecule has 27 heavy (non-hydrogen) atoms. The van der Waals surface area contributed by atoms with Gasteiger partial charge in [0.15, 0.2) is 11.5 Å². The fourth-order valence-corrected chi connectivity index (χ4v) is 4.19. The molecule has 0 aromatic heterocycles. The lowest BCUT2D eigenvalue weighted by molar-refractivity contribution is -0.122. The smallest absolute Gasteiger partial charge is 0.266 e. The lowest BCUT2D eigenvalue weighted by Crippen LogP contribution is -2.30. The summed E-state index contributed by atoms with van der Waals surface area (Å²) in [5.41, 5.74) is 2.01. The first-order valence-corrected chi connectivity index (χ1v) is 9.64. The maximum absolute atomic E-state index is 12.7. The van der Waals surface area contributed by atoms with Crippen LogP contribution in [0.25, 0.3) is 6.08 Å². The molecule has 1 fully saturated rings. The molecule has 0 N–H and O–H groups in total. The van der Waals surface area contributed by atoms with Gasteiger partial charge in [-0.25, -0.2) is 0 Å². The van der Waals surface area contributed by atoms with Crippen LogP contribution >= 0.6 is 24.0 Å². The van der Waals surface area contributed by atoms with Gasteiger partial charge in [-0.2, -0.15) is 0 Å². The zero-order valence-electron chi connectivity index (χ0n) is 14.6. The molecular weight excluding hydrogens is 382 g/mol. The van der Waals surface area contributed by atoms with Crippen molar-refractivity contribution >= 4 is 40.3 Å². The van der Waals surface area contributed by atoms with Gasteiger partial charge < -0.3 is 14.2 Å². The number of methoxy groups -OCH3 is 1. The van der Waals surface area contributed by atoms with Crippen molar-refractivity contribution in [2.24, 2.45) is 0 Å². The monoisotopic (exact) mass is 399 g/mol. The predicted octanol–water partition coefficient (Wildman–Crippen LogP) is 3.87. The van der Waals surface area contributed by atoms with Gasteiger partial charge >= 0.3 is 0 Å². The molecule has 2 heterocycles. The second kappa shape index (κ2) is 7.62. The standard InChI is InChI=1S/C20H17NO4S2/c1-23-15-5-2-13(3-6-15)8-9-21-19(22)18(27-20(21)26)11-14-4-7-16-17(10-14)25-12-24-16/h2-7,10-11H,8-9,12H2,1H3. The van der Waals surface area contributed by atoms with E-state index in [0.717, 1.165) is 29.0 Å². The highest BCUT2D eigenvalue weighted by molar-refractivity contribution is 8.26. The Bertz CT molecular complexity index is 924. The predicted molar refractivity (Wildman–Crippen MR) is 109 cm³/mol. The lowest BCUT2D eigenvalue weighted by atomic mass is 10.1. The third-order valence-corrected chi connectivity index (χ3v) is 5.73. The number of ether oxygens (including phenoxy) is 3. The van der Waals surface area contributed by atoms with Crippen molar-refractivity contribution in [3.05, 3.63) is 58.5 Å². The van der Waals surface area contributed by atoms with Crippen molar-refractivity contribution in [3.63, 3.8) is 0 Å². The average Bonchev–Trinajstić information content (AvgIpc) is 3.25. The summed E-state index contributed by atoms with van der Waals surface area (Å²) in [5.74, 6) is 2.17. The number of thioether (sulfide) groups is 1. The van der Waals surface area contributed by atoms with E-state index in [9.17, 15) is 4.79 Å². The summed E-state index contributed by atoms with van der Waals surface area (Å²) in [5, 5.41) is 0. The van der Waals surface area contributed by atoms with Crippen LogP contribution in [0.2, 0.25) is 0 Å². The van der Waals surface area contributed by atoms with Crippen molar-refractivity contribution in [2.75, 3.05) is 20.4 Å². The SMILES string of the molecule is COc1ccc(CCN2C(=O)C(=Cc3ccc4c(c3)OCO4)SC2=S)cc1. The van der Waals surface area contributed by atoms with Gasteiger partial charge in [-0.15, -0.1) is 0 Å². The van der Waals surface area contributed by atoms with E-state index in [0.29, 0.717) is 21.5 Å². The minimum Gasteiger partial charge on any atom is -0.497 e. The first-order chi connectivity index (χ1) is 13.1. The molecule has 5 nitrogen and oxygen atoms in total. The van der Waals surface area contributed by atoms with Crippen molar-refractivity contribution < 1.29 is 19.0 Å². The molecule has 4 rings (SSSR count). The zero-order chi connectivity index (χ0) is 18.8. The minimum absolute atomic E-state index is 0.0591. The van der Waals surface area contributed by atoms with Crippen LogP contribution < -0.4 is 14.2 Å². The number of benzene rings is 2. The number of amides is 1. The Morgan fingerprint density at radius 1 is 1.19 bits per heavy atom.